The third kappa shape index (κ3) is 3.14. The van der Waals surface area contributed by atoms with Crippen LogP contribution in [0.2, 0.25) is 0 Å². The van der Waals surface area contributed by atoms with Gasteiger partial charge in [0, 0.05) is 30.2 Å². The molecule has 0 saturated carbocycles. The van der Waals surface area contributed by atoms with Gasteiger partial charge in [0.2, 0.25) is 0 Å². The van der Waals surface area contributed by atoms with Gasteiger partial charge < -0.3 is 18.9 Å². The molecule has 1 aliphatic rings. The minimum atomic E-state index is -0.455. The molecule has 6 heteroatoms. The number of aromatic amines is 1. The Morgan fingerprint density at radius 1 is 1.38 bits per heavy atom. The van der Waals surface area contributed by atoms with Crippen LogP contribution in [0.1, 0.15) is 57.1 Å². The van der Waals surface area contributed by atoms with Gasteiger partial charge in [0.1, 0.15) is 18.1 Å². The highest BCUT2D eigenvalue weighted by Crippen LogP contribution is 2.35. The number of Topliss-reactive ketones (excluding diaryl/α,β-unsaturated/α-hetero) is 1. The minimum Gasteiger partial charge on any atom is -0.469 e. The summed E-state index contributed by atoms with van der Waals surface area (Å²) in [5.41, 5.74) is 2.41. The topological polar surface area (TPSA) is 81.5 Å². The number of nitrogens with one attached hydrogen (secondary N) is 1. The normalized spacial score (nSPS) is 16.9. The molecule has 2 heterocycles. The van der Waals surface area contributed by atoms with Crippen LogP contribution in [0.25, 0.3) is 0 Å². The molecule has 0 unspecified atom stereocenters. The van der Waals surface area contributed by atoms with Crippen LogP contribution in [0.15, 0.2) is 22.8 Å². The van der Waals surface area contributed by atoms with E-state index in [4.69, 9.17) is 13.9 Å². The third-order valence-electron chi connectivity index (χ3n) is 4.30. The number of esters is 1. The number of carbonyl (C=O) groups excluding carboxylic acids is 2. The van der Waals surface area contributed by atoms with Crippen molar-refractivity contribution >= 4 is 11.8 Å². The molecular formula is C18H21NO5. The fourth-order valence-electron chi connectivity index (χ4n) is 3.17. The Bertz CT molecular complexity index is 729. The zero-order chi connectivity index (χ0) is 17.1. The summed E-state index contributed by atoms with van der Waals surface area (Å²) in [4.78, 5) is 27.8. The summed E-state index contributed by atoms with van der Waals surface area (Å²) in [7, 11) is 0. The molecule has 1 aliphatic carbocycles. The first kappa shape index (κ1) is 16.5. The molecule has 0 saturated heterocycles. The summed E-state index contributed by atoms with van der Waals surface area (Å²) in [6, 6.07) is 3.69. The number of rotatable bonds is 6. The standard InChI is InChI=1S/C18H21NO5/c1-3-22-7-8-24-18(21)17-11(2)16-13(19-17)9-12(10-14(16)20)15-5-4-6-23-15/h4-6,12,19H,3,7-10H2,1-2H3/t12-/m0/s1. The summed E-state index contributed by atoms with van der Waals surface area (Å²) in [5.74, 6) is 0.366. The highest BCUT2D eigenvalue weighted by atomic mass is 16.6. The Balaban J connectivity index is 1.77. The Morgan fingerprint density at radius 2 is 2.21 bits per heavy atom. The van der Waals surface area contributed by atoms with Gasteiger partial charge in [-0.15, -0.1) is 0 Å². The van der Waals surface area contributed by atoms with Crippen LogP contribution >= 0.6 is 0 Å². The number of furan rings is 1. The number of H-pyrrole nitrogens is 1. The zero-order valence-electron chi connectivity index (χ0n) is 13.9. The van der Waals surface area contributed by atoms with Gasteiger partial charge in [-0.25, -0.2) is 4.79 Å². The molecule has 6 nitrogen and oxygen atoms in total. The molecule has 128 valence electrons. The lowest BCUT2D eigenvalue weighted by Gasteiger charge is -2.19. The number of hydrogen-bond donors (Lipinski definition) is 1. The quantitative estimate of drug-likeness (QED) is 0.650. The van der Waals surface area contributed by atoms with E-state index in [1.165, 1.54) is 0 Å². The molecule has 0 radical (unpaired) electrons. The average molecular weight is 331 g/mol. The fraction of sp³-hybridized carbons (Fsp3) is 0.444. The molecule has 1 atom stereocenters. The number of ketones is 1. The van der Waals surface area contributed by atoms with Crippen molar-refractivity contribution in [3.05, 3.63) is 46.7 Å². The summed E-state index contributed by atoms with van der Waals surface area (Å²) >= 11 is 0. The lowest BCUT2D eigenvalue weighted by Crippen LogP contribution is -2.18. The Hall–Kier alpha value is -2.34. The van der Waals surface area contributed by atoms with Crippen molar-refractivity contribution in [2.75, 3.05) is 19.8 Å². The number of ether oxygens (including phenoxy) is 2. The zero-order valence-corrected chi connectivity index (χ0v) is 13.9. The number of hydrogen-bond acceptors (Lipinski definition) is 5. The summed E-state index contributed by atoms with van der Waals surface area (Å²) < 4.78 is 15.8. The van der Waals surface area contributed by atoms with Crippen LogP contribution in [0, 0.1) is 6.92 Å². The van der Waals surface area contributed by atoms with E-state index in [0.29, 0.717) is 42.9 Å². The first-order chi connectivity index (χ1) is 11.6. The molecule has 0 bridgehead atoms. The van der Waals surface area contributed by atoms with E-state index >= 15 is 0 Å². The van der Waals surface area contributed by atoms with E-state index in [1.807, 2.05) is 19.1 Å². The SMILES string of the molecule is CCOCCOC(=O)c1[nH]c2c(c1C)C(=O)C[C@@H](c1ccco1)C2. The van der Waals surface area contributed by atoms with Crippen LogP contribution in [-0.2, 0) is 15.9 Å². The van der Waals surface area contributed by atoms with Crippen molar-refractivity contribution in [3.8, 4) is 0 Å². The molecule has 0 aromatic carbocycles. The van der Waals surface area contributed by atoms with Gasteiger partial charge in [0.05, 0.1) is 12.9 Å². The molecule has 24 heavy (non-hydrogen) atoms. The maximum absolute atomic E-state index is 12.5. The maximum Gasteiger partial charge on any atom is 0.355 e. The van der Waals surface area contributed by atoms with Crippen molar-refractivity contribution < 1.29 is 23.5 Å². The summed E-state index contributed by atoms with van der Waals surface area (Å²) in [6.45, 7) is 4.79. The lowest BCUT2D eigenvalue weighted by atomic mass is 9.84. The van der Waals surface area contributed by atoms with E-state index in [0.717, 1.165) is 11.5 Å². The van der Waals surface area contributed by atoms with Gasteiger partial charge in [0.25, 0.3) is 0 Å². The fourth-order valence-corrected chi connectivity index (χ4v) is 3.17. The predicted octanol–water partition coefficient (Wildman–Crippen LogP) is 3.02. The summed E-state index contributed by atoms with van der Waals surface area (Å²) in [5, 5.41) is 0. The first-order valence-corrected chi connectivity index (χ1v) is 8.14. The number of aromatic nitrogens is 1. The van der Waals surface area contributed by atoms with Crippen LogP contribution in [-0.4, -0.2) is 36.6 Å². The van der Waals surface area contributed by atoms with Crippen LogP contribution in [0.5, 0.6) is 0 Å². The first-order valence-electron chi connectivity index (χ1n) is 8.14. The van der Waals surface area contributed by atoms with E-state index < -0.39 is 5.97 Å². The van der Waals surface area contributed by atoms with Gasteiger partial charge in [-0.05, 0) is 38.0 Å². The van der Waals surface area contributed by atoms with Crippen molar-refractivity contribution in [2.24, 2.45) is 0 Å². The smallest absolute Gasteiger partial charge is 0.355 e. The van der Waals surface area contributed by atoms with Crippen LogP contribution in [0.3, 0.4) is 0 Å². The molecule has 2 aromatic heterocycles. The van der Waals surface area contributed by atoms with Crippen LogP contribution in [0.4, 0.5) is 0 Å². The molecule has 1 N–H and O–H groups in total. The Labute approximate surface area is 140 Å². The number of fused-ring (bicyclic) bond motifs is 1. The van der Waals surface area contributed by atoms with Gasteiger partial charge in [0.15, 0.2) is 5.78 Å². The van der Waals surface area contributed by atoms with E-state index in [9.17, 15) is 9.59 Å². The molecule has 0 aliphatic heterocycles. The van der Waals surface area contributed by atoms with Crippen molar-refractivity contribution in [1.29, 1.82) is 0 Å². The van der Waals surface area contributed by atoms with E-state index in [2.05, 4.69) is 4.98 Å². The molecule has 2 aromatic rings. The molecule has 0 spiro atoms. The largest absolute Gasteiger partial charge is 0.469 e. The van der Waals surface area contributed by atoms with Crippen molar-refractivity contribution in [2.45, 2.75) is 32.6 Å². The van der Waals surface area contributed by atoms with Gasteiger partial charge >= 0.3 is 5.97 Å². The number of carbonyl (C=O) groups is 2. The third-order valence-corrected chi connectivity index (χ3v) is 4.30. The second kappa shape index (κ2) is 7.05. The van der Waals surface area contributed by atoms with E-state index in [-0.39, 0.29) is 18.3 Å². The minimum absolute atomic E-state index is 0.000116. The van der Waals surface area contributed by atoms with Crippen molar-refractivity contribution in [1.82, 2.24) is 4.98 Å². The maximum atomic E-state index is 12.5. The monoisotopic (exact) mass is 331 g/mol. The van der Waals surface area contributed by atoms with Crippen molar-refractivity contribution in [3.63, 3.8) is 0 Å². The highest BCUT2D eigenvalue weighted by molar-refractivity contribution is 6.03. The second-order valence-electron chi connectivity index (χ2n) is 5.86. The van der Waals surface area contributed by atoms with Crippen LogP contribution < -0.4 is 0 Å². The van der Waals surface area contributed by atoms with E-state index in [1.54, 1.807) is 13.2 Å². The predicted molar refractivity (Wildman–Crippen MR) is 86.4 cm³/mol. The molecule has 3 rings (SSSR count). The van der Waals surface area contributed by atoms with Gasteiger partial charge in [-0.3, -0.25) is 4.79 Å². The molecule has 0 amide bonds. The summed E-state index contributed by atoms with van der Waals surface area (Å²) in [6.07, 6.45) is 2.64. The molecular weight excluding hydrogens is 310 g/mol. The lowest BCUT2D eigenvalue weighted by molar-refractivity contribution is 0.0329. The van der Waals surface area contributed by atoms with Gasteiger partial charge in [-0.1, -0.05) is 0 Å². The Morgan fingerprint density at radius 3 is 2.92 bits per heavy atom. The Kier molecular flexibility index (Phi) is 4.85. The molecule has 0 fully saturated rings. The highest BCUT2D eigenvalue weighted by Gasteiger charge is 2.33. The second-order valence-corrected chi connectivity index (χ2v) is 5.86. The average Bonchev–Trinajstić information content (AvgIpc) is 3.20. The van der Waals surface area contributed by atoms with Gasteiger partial charge in [-0.2, -0.15) is 0 Å².